The van der Waals surface area contributed by atoms with E-state index in [1.165, 1.54) is 0 Å². The van der Waals surface area contributed by atoms with Gasteiger partial charge in [-0.2, -0.15) is 0 Å². The maximum atomic E-state index is 11.2. The lowest BCUT2D eigenvalue weighted by Gasteiger charge is -1.96. The Bertz CT molecular complexity index is 800. The molecule has 100 valence electrons. The second kappa shape index (κ2) is 4.49. The van der Waals surface area contributed by atoms with Crippen molar-refractivity contribution in [3.63, 3.8) is 0 Å². The van der Waals surface area contributed by atoms with Crippen LogP contribution in [0.15, 0.2) is 40.8 Å². The molecule has 0 amide bonds. The van der Waals surface area contributed by atoms with Crippen molar-refractivity contribution in [1.82, 2.24) is 4.98 Å². The van der Waals surface area contributed by atoms with Crippen molar-refractivity contribution in [1.29, 1.82) is 0 Å². The van der Waals surface area contributed by atoms with Crippen LogP contribution in [0.1, 0.15) is 21.5 Å². The molecule has 0 unspecified atom stereocenters. The van der Waals surface area contributed by atoms with Gasteiger partial charge in [-0.15, -0.1) is 0 Å². The van der Waals surface area contributed by atoms with Crippen LogP contribution in [0.5, 0.6) is 0 Å². The number of fused-ring (bicyclic) bond motifs is 1. The number of hydrogen-bond acceptors (Lipinski definition) is 3. The van der Waals surface area contributed by atoms with Gasteiger partial charge in [-0.25, -0.2) is 9.78 Å². The molecule has 1 heterocycles. The van der Waals surface area contributed by atoms with Crippen LogP contribution in [0.4, 0.5) is 0 Å². The van der Waals surface area contributed by atoms with Gasteiger partial charge < -0.3 is 9.52 Å². The van der Waals surface area contributed by atoms with Crippen LogP contribution >= 0.6 is 0 Å². The van der Waals surface area contributed by atoms with E-state index in [2.05, 4.69) is 4.98 Å². The Balaban J connectivity index is 2.24. The van der Waals surface area contributed by atoms with Crippen molar-refractivity contribution < 1.29 is 14.3 Å². The SMILES string of the molecule is Cc1ccc(-c2nc3c(C(=O)O)ccc(C)c3o2)cc1. The monoisotopic (exact) mass is 267 g/mol. The number of rotatable bonds is 2. The van der Waals surface area contributed by atoms with Gasteiger partial charge in [0.25, 0.3) is 0 Å². The Kier molecular flexibility index (Phi) is 2.79. The molecule has 4 heteroatoms. The zero-order valence-electron chi connectivity index (χ0n) is 11.2. The van der Waals surface area contributed by atoms with Crippen LogP contribution in [-0.4, -0.2) is 16.1 Å². The van der Waals surface area contributed by atoms with E-state index < -0.39 is 5.97 Å². The van der Waals surface area contributed by atoms with Crippen LogP contribution in [0.25, 0.3) is 22.6 Å². The summed E-state index contributed by atoms with van der Waals surface area (Å²) in [6.07, 6.45) is 0. The van der Waals surface area contributed by atoms with Gasteiger partial charge in [0.1, 0.15) is 5.52 Å². The Hall–Kier alpha value is -2.62. The van der Waals surface area contributed by atoms with Crippen LogP contribution in [0.3, 0.4) is 0 Å². The van der Waals surface area contributed by atoms with E-state index in [9.17, 15) is 9.90 Å². The van der Waals surface area contributed by atoms with E-state index in [4.69, 9.17) is 4.42 Å². The molecular weight excluding hydrogens is 254 g/mol. The summed E-state index contributed by atoms with van der Waals surface area (Å²) >= 11 is 0. The summed E-state index contributed by atoms with van der Waals surface area (Å²) in [6.45, 7) is 3.88. The van der Waals surface area contributed by atoms with Crippen LogP contribution in [0, 0.1) is 13.8 Å². The van der Waals surface area contributed by atoms with Crippen LogP contribution < -0.4 is 0 Å². The van der Waals surface area contributed by atoms with E-state index in [0.717, 1.165) is 16.7 Å². The molecule has 3 aromatic rings. The third-order valence-corrected chi connectivity index (χ3v) is 3.27. The lowest BCUT2D eigenvalue weighted by atomic mass is 10.1. The minimum atomic E-state index is -1.00. The molecule has 4 nitrogen and oxygen atoms in total. The Morgan fingerprint density at radius 1 is 1.10 bits per heavy atom. The van der Waals surface area contributed by atoms with Crippen LogP contribution in [0.2, 0.25) is 0 Å². The van der Waals surface area contributed by atoms with Gasteiger partial charge in [-0.1, -0.05) is 23.8 Å². The standard InChI is InChI=1S/C16H13NO3/c1-9-3-6-11(7-4-9)15-17-13-12(16(18)19)8-5-10(2)14(13)20-15/h3-8H,1-2H3,(H,18,19). The average Bonchev–Trinajstić information content (AvgIpc) is 2.85. The highest BCUT2D eigenvalue weighted by molar-refractivity contribution is 6.01. The largest absolute Gasteiger partial charge is 0.478 e. The summed E-state index contributed by atoms with van der Waals surface area (Å²) in [5, 5.41) is 9.21. The molecule has 0 atom stereocenters. The Morgan fingerprint density at radius 3 is 2.45 bits per heavy atom. The van der Waals surface area contributed by atoms with E-state index >= 15 is 0 Å². The molecule has 0 bridgehead atoms. The molecule has 3 rings (SSSR count). The summed E-state index contributed by atoms with van der Waals surface area (Å²) in [6, 6.07) is 11.0. The van der Waals surface area contributed by atoms with Gasteiger partial charge in [-0.3, -0.25) is 0 Å². The van der Waals surface area contributed by atoms with Crippen molar-refractivity contribution in [2.75, 3.05) is 0 Å². The molecule has 0 aliphatic heterocycles. The second-order valence-electron chi connectivity index (χ2n) is 4.80. The lowest BCUT2D eigenvalue weighted by Crippen LogP contribution is -1.97. The summed E-state index contributed by atoms with van der Waals surface area (Å²) in [4.78, 5) is 15.6. The highest BCUT2D eigenvalue weighted by Crippen LogP contribution is 2.28. The van der Waals surface area contributed by atoms with Gasteiger partial charge in [0.2, 0.25) is 5.89 Å². The smallest absolute Gasteiger partial charge is 0.338 e. The molecule has 0 aliphatic rings. The predicted molar refractivity (Wildman–Crippen MR) is 75.9 cm³/mol. The first-order valence-electron chi connectivity index (χ1n) is 6.27. The zero-order chi connectivity index (χ0) is 14.3. The van der Waals surface area contributed by atoms with Crippen molar-refractivity contribution in [2.24, 2.45) is 0 Å². The normalized spacial score (nSPS) is 10.9. The first-order valence-corrected chi connectivity index (χ1v) is 6.27. The number of hydrogen-bond donors (Lipinski definition) is 1. The number of carboxylic acids is 1. The van der Waals surface area contributed by atoms with Gasteiger partial charge in [0, 0.05) is 5.56 Å². The Morgan fingerprint density at radius 2 is 1.80 bits per heavy atom. The molecule has 1 N–H and O–H groups in total. The summed E-state index contributed by atoms with van der Waals surface area (Å²) < 4.78 is 5.74. The summed E-state index contributed by atoms with van der Waals surface area (Å²) in [7, 11) is 0. The van der Waals surface area contributed by atoms with Gasteiger partial charge in [0.05, 0.1) is 5.56 Å². The minimum Gasteiger partial charge on any atom is -0.478 e. The lowest BCUT2D eigenvalue weighted by molar-refractivity contribution is 0.0699. The van der Waals surface area contributed by atoms with E-state index in [1.807, 2.05) is 38.1 Å². The number of aromatic nitrogens is 1. The molecule has 0 saturated carbocycles. The maximum Gasteiger partial charge on any atom is 0.338 e. The zero-order valence-corrected chi connectivity index (χ0v) is 11.2. The van der Waals surface area contributed by atoms with Crippen molar-refractivity contribution >= 4 is 17.1 Å². The highest BCUT2D eigenvalue weighted by Gasteiger charge is 2.17. The molecule has 0 aliphatic carbocycles. The second-order valence-corrected chi connectivity index (χ2v) is 4.80. The van der Waals surface area contributed by atoms with E-state index in [1.54, 1.807) is 12.1 Å². The van der Waals surface area contributed by atoms with E-state index in [-0.39, 0.29) is 5.56 Å². The average molecular weight is 267 g/mol. The molecule has 0 radical (unpaired) electrons. The van der Waals surface area contributed by atoms with Gasteiger partial charge in [0.15, 0.2) is 5.58 Å². The summed E-state index contributed by atoms with van der Waals surface area (Å²) in [5.74, 6) is -0.560. The molecule has 0 saturated heterocycles. The maximum absolute atomic E-state index is 11.2. The third-order valence-electron chi connectivity index (χ3n) is 3.27. The fourth-order valence-electron chi connectivity index (χ4n) is 2.13. The molecular formula is C16H13NO3. The van der Waals surface area contributed by atoms with Gasteiger partial charge in [-0.05, 0) is 37.6 Å². The molecule has 20 heavy (non-hydrogen) atoms. The number of benzene rings is 2. The predicted octanol–water partition coefficient (Wildman–Crippen LogP) is 3.81. The fourth-order valence-corrected chi connectivity index (χ4v) is 2.13. The summed E-state index contributed by atoms with van der Waals surface area (Å²) in [5.41, 5.74) is 3.94. The molecule has 2 aromatic carbocycles. The van der Waals surface area contributed by atoms with Crippen LogP contribution in [-0.2, 0) is 0 Å². The van der Waals surface area contributed by atoms with Crippen molar-refractivity contribution in [2.45, 2.75) is 13.8 Å². The Labute approximate surface area is 115 Å². The van der Waals surface area contributed by atoms with Crippen molar-refractivity contribution in [3.05, 3.63) is 53.1 Å². The minimum absolute atomic E-state index is 0.160. The molecule has 0 spiro atoms. The first kappa shape index (κ1) is 12.4. The number of aryl methyl sites for hydroxylation is 2. The van der Waals surface area contributed by atoms with E-state index in [0.29, 0.717) is 17.0 Å². The quantitative estimate of drug-likeness (QED) is 0.766. The number of carbonyl (C=O) groups is 1. The molecule has 1 aromatic heterocycles. The number of carboxylic acid groups (broad SMARTS) is 1. The fraction of sp³-hybridized carbons (Fsp3) is 0.125. The van der Waals surface area contributed by atoms with Crippen molar-refractivity contribution in [3.8, 4) is 11.5 Å². The number of aromatic carboxylic acids is 1. The highest BCUT2D eigenvalue weighted by atomic mass is 16.4. The third kappa shape index (κ3) is 1.95. The van der Waals surface area contributed by atoms with Gasteiger partial charge >= 0.3 is 5.97 Å². The first-order chi connectivity index (χ1) is 9.56. The molecule has 0 fully saturated rings. The topological polar surface area (TPSA) is 63.3 Å². The number of oxazole rings is 1. The number of nitrogens with zero attached hydrogens (tertiary/aromatic N) is 1.